The topological polar surface area (TPSA) is 115 Å². The molecule has 12 heteroatoms. The van der Waals surface area contributed by atoms with E-state index in [9.17, 15) is 27.5 Å². The van der Waals surface area contributed by atoms with Gasteiger partial charge in [0.2, 0.25) is 5.13 Å². The van der Waals surface area contributed by atoms with Gasteiger partial charge in [-0.25, -0.2) is 32.3 Å². The molecule has 5 N–H and O–H groups in total. The molecule has 0 amide bonds. The minimum Gasteiger partial charge on any atom is -0.476 e. The Morgan fingerprint density at radius 1 is 1.14 bits per heavy atom. The van der Waals surface area contributed by atoms with E-state index < -0.39 is 29.2 Å². The third-order valence-electron chi connectivity index (χ3n) is 5.59. The van der Waals surface area contributed by atoms with Gasteiger partial charge in [0.25, 0.3) is 0 Å². The fraction of sp³-hybridized carbons (Fsp3) is 0.208. The molecule has 0 saturated heterocycles. The standard InChI is InChI=1S/C24H20F4N4O2S2/c25-15-6-12(3-4-20(15)36-30)5-14(22(29)13-8-16(26)21(28)17(27)9-13)18(7-11-1-2-11)31-24-32-19(10-35-24)23(33)34/h3-4,6,8-11H,1-2,5,7,29-30H2,(H,33,34). The van der Waals surface area contributed by atoms with Crippen molar-refractivity contribution in [1.82, 2.24) is 4.98 Å². The second kappa shape index (κ2) is 10.8. The second-order valence-corrected chi connectivity index (χ2v) is 9.74. The highest BCUT2D eigenvalue weighted by atomic mass is 32.2. The normalized spacial score (nSPS) is 14.6. The predicted molar refractivity (Wildman–Crippen MR) is 131 cm³/mol. The molecule has 2 aromatic carbocycles. The summed E-state index contributed by atoms with van der Waals surface area (Å²) in [6.07, 6.45) is 2.33. The van der Waals surface area contributed by atoms with Crippen molar-refractivity contribution in [2.45, 2.75) is 30.6 Å². The van der Waals surface area contributed by atoms with Crippen molar-refractivity contribution < 1.29 is 27.5 Å². The molecule has 1 heterocycles. The van der Waals surface area contributed by atoms with E-state index in [1.54, 1.807) is 6.07 Å². The van der Waals surface area contributed by atoms with Gasteiger partial charge in [-0.15, -0.1) is 11.3 Å². The molecule has 1 fully saturated rings. The maximum absolute atomic E-state index is 14.4. The molecule has 0 atom stereocenters. The van der Waals surface area contributed by atoms with Crippen LogP contribution < -0.4 is 10.9 Å². The van der Waals surface area contributed by atoms with Crippen LogP contribution in [0.1, 0.15) is 40.9 Å². The monoisotopic (exact) mass is 536 g/mol. The van der Waals surface area contributed by atoms with Crippen LogP contribution in [0.4, 0.5) is 22.7 Å². The van der Waals surface area contributed by atoms with E-state index in [1.165, 1.54) is 17.5 Å². The molecule has 1 aliphatic carbocycles. The minimum absolute atomic E-state index is 0.0294. The molecule has 0 unspecified atom stereocenters. The van der Waals surface area contributed by atoms with E-state index in [4.69, 9.17) is 10.9 Å². The summed E-state index contributed by atoms with van der Waals surface area (Å²) in [5, 5.41) is 16.2. The number of aromatic carboxylic acids is 1. The highest BCUT2D eigenvalue weighted by molar-refractivity contribution is 7.97. The number of allylic oxidation sites excluding steroid dienone is 1. The molecule has 0 radical (unpaired) electrons. The number of halogens is 4. The Hall–Kier alpha value is -3.22. The molecule has 3 aromatic rings. The van der Waals surface area contributed by atoms with Crippen molar-refractivity contribution in [1.29, 1.82) is 0 Å². The van der Waals surface area contributed by atoms with Crippen LogP contribution in [0.2, 0.25) is 0 Å². The highest BCUT2D eigenvalue weighted by Crippen LogP contribution is 2.36. The van der Waals surface area contributed by atoms with E-state index in [0.717, 1.165) is 48.3 Å². The number of aromatic nitrogens is 1. The zero-order chi connectivity index (χ0) is 26.0. The van der Waals surface area contributed by atoms with Gasteiger partial charge in [-0.3, -0.25) is 5.14 Å². The van der Waals surface area contributed by atoms with Crippen molar-refractivity contribution in [2.24, 2.45) is 21.8 Å². The quantitative estimate of drug-likeness (QED) is 0.137. The molecular formula is C24H20F4N4O2S2. The van der Waals surface area contributed by atoms with Gasteiger partial charge in [-0.05, 0) is 67.0 Å². The van der Waals surface area contributed by atoms with Crippen molar-refractivity contribution in [2.75, 3.05) is 0 Å². The summed E-state index contributed by atoms with van der Waals surface area (Å²) >= 11 is 1.76. The molecule has 4 rings (SSSR count). The van der Waals surface area contributed by atoms with Crippen molar-refractivity contribution in [3.8, 4) is 0 Å². The molecule has 0 bridgehead atoms. The predicted octanol–water partition coefficient (Wildman–Crippen LogP) is 5.85. The first-order valence-corrected chi connectivity index (χ1v) is 12.5. The van der Waals surface area contributed by atoms with Crippen LogP contribution in [0.3, 0.4) is 0 Å². The lowest BCUT2D eigenvalue weighted by molar-refractivity contribution is 0.0691. The molecule has 1 saturated carbocycles. The lowest BCUT2D eigenvalue weighted by Crippen LogP contribution is -2.15. The van der Waals surface area contributed by atoms with Crippen LogP contribution in [0.5, 0.6) is 0 Å². The van der Waals surface area contributed by atoms with Crippen LogP contribution in [-0.4, -0.2) is 21.8 Å². The van der Waals surface area contributed by atoms with Gasteiger partial charge >= 0.3 is 5.97 Å². The van der Waals surface area contributed by atoms with Crippen LogP contribution in [0, 0.1) is 29.2 Å². The second-order valence-electron chi connectivity index (χ2n) is 8.23. The molecule has 6 nitrogen and oxygen atoms in total. The molecule has 36 heavy (non-hydrogen) atoms. The SMILES string of the molecule is NSc1ccc(CC(C(CC2CC2)=Nc2nc(C(=O)O)cs2)=C(N)c2cc(F)c(F)c(F)c2)cc1F. The summed E-state index contributed by atoms with van der Waals surface area (Å²) in [4.78, 5) is 20.0. The van der Waals surface area contributed by atoms with Crippen LogP contribution in [-0.2, 0) is 6.42 Å². The van der Waals surface area contributed by atoms with E-state index in [2.05, 4.69) is 9.98 Å². The molecule has 0 aliphatic heterocycles. The summed E-state index contributed by atoms with van der Waals surface area (Å²) in [6, 6.07) is 5.97. The third-order valence-corrected chi connectivity index (χ3v) is 6.91. The van der Waals surface area contributed by atoms with Crippen LogP contribution in [0.15, 0.2) is 51.2 Å². The molecule has 0 spiro atoms. The Labute approximate surface area is 211 Å². The van der Waals surface area contributed by atoms with E-state index in [-0.39, 0.29) is 39.3 Å². The molecular weight excluding hydrogens is 516 g/mol. The summed E-state index contributed by atoms with van der Waals surface area (Å²) in [7, 11) is 0. The summed E-state index contributed by atoms with van der Waals surface area (Å²) in [5.74, 6) is -5.93. The first-order chi connectivity index (χ1) is 17.2. The Bertz CT molecular complexity index is 1360. The van der Waals surface area contributed by atoms with Crippen molar-refractivity contribution in [3.05, 3.63) is 81.4 Å². The summed E-state index contributed by atoms with van der Waals surface area (Å²) < 4.78 is 56.1. The van der Waals surface area contributed by atoms with Gasteiger partial charge < -0.3 is 10.8 Å². The number of rotatable bonds is 9. The zero-order valence-corrected chi connectivity index (χ0v) is 20.2. The Kier molecular flexibility index (Phi) is 7.76. The summed E-state index contributed by atoms with van der Waals surface area (Å²) in [5.41, 5.74) is 7.28. The van der Waals surface area contributed by atoms with Gasteiger partial charge in [0.05, 0.1) is 4.90 Å². The number of carboxylic acid groups (broad SMARTS) is 1. The average Bonchev–Trinajstić information content (AvgIpc) is 3.53. The smallest absolute Gasteiger partial charge is 0.355 e. The number of benzene rings is 2. The summed E-state index contributed by atoms with van der Waals surface area (Å²) in [6.45, 7) is 0. The highest BCUT2D eigenvalue weighted by Gasteiger charge is 2.27. The van der Waals surface area contributed by atoms with Gasteiger partial charge in [0.15, 0.2) is 23.1 Å². The van der Waals surface area contributed by atoms with Crippen molar-refractivity contribution >= 4 is 45.8 Å². The van der Waals surface area contributed by atoms with Crippen LogP contribution >= 0.6 is 23.3 Å². The number of nitrogens with two attached hydrogens (primary N) is 2. The number of carbonyl (C=O) groups is 1. The third kappa shape index (κ3) is 5.94. The number of carboxylic acids is 1. The van der Waals surface area contributed by atoms with E-state index in [1.807, 2.05) is 0 Å². The van der Waals surface area contributed by atoms with E-state index >= 15 is 0 Å². The minimum atomic E-state index is -1.62. The van der Waals surface area contributed by atoms with Crippen LogP contribution in [0.25, 0.3) is 5.70 Å². The largest absolute Gasteiger partial charge is 0.476 e. The van der Waals surface area contributed by atoms with Gasteiger partial charge in [0, 0.05) is 34.3 Å². The maximum atomic E-state index is 14.4. The number of aliphatic imine (C=N–C) groups is 1. The van der Waals surface area contributed by atoms with Gasteiger partial charge in [-0.1, -0.05) is 6.07 Å². The lowest BCUT2D eigenvalue weighted by Gasteiger charge is -2.16. The first kappa shape index (κ1) is 25.9. The fourth-order valence-electron chi connectivity index (χ4n) is 3.55. The van der Waals surface area contributed by atoms with Gasteiger partial charge in [-0.2, -0.15) is 0 Å². The zero-order valence-electron chi connectivity index (χ0n) is 18.6. The number of thiazole rings is 1. The van der Waals surface area contributed by atoms with E-state index in [0.29, 0.717) is 23.3 Å². The van der Waals surface area contributed by atoms with Gasteiger partial charge in [0.1, 0.15) is 5.82 Å². The first-order valence-electron chi connectivity index (χ1n) is 10.7. The Balaban J connectivity index is 1.86. The number of nitrogens with zero attached hydrogens (tertiary/aromatic N) is 2. The molecule has 188 valence electrons. The molecule has 1 aromatic heterocycles. The van der Waals surface area contributed by atoms with Crippen molar-refractivity contribution in [3.63, 3.8) is 0 Å². The number of hydrogen-bond donors (Lipinski definition) is 3. The number of hydrogen-bond acceptors (Lipinski definition) is 7. The maximum Gasteiger partial charge on any atom is 0.355 e. The fourth-order valence-corrected chi connectivity index (χ4v) is 4.56. The average molecular weight is 537 g/mol. The lowest BCUT2D eigenvalue weighted by atomic mass is 9.93. The Morgan fingerprint density at radius 2 is 1.83 bits per heavy atom. The molecule has 1 aliphatic rings. The Morgan fingerprint density at radius 3 is 2.39 bits per heavy atom.